The zero-order chi connectivity index (χ0) is 22.1. The largest absolute Gasteiger partial charge is 0.497 e. The van der Waals surface area contributed by atoms with E-state index in [0.717, 1.165) is 15.4 Å². The Morgan fingerprint density at radius 1 is 1.00 bits per heavy atom. The van der Waals surface area contributed by atoms with Crippen LogP contribution in [0.4, 0.5) is 0 Å². The fraction of sp³-hybridized carbons (Fsp3) is 0.130. The molecule has 0 bridgehead atoms. The predicted molar refractivity (Wildman–Crippen MR) is 119 cm³/mol. The number of ether oxygens (including phenoxy) is 1. The molecule has 0 unspecified atom stereocenters. The lowest BCUT2D eigenvalue weighted by atomic mass is 10.2. The summed E-state index contributed by atoms with van der Waals surface area (Å²) in [5.41, 5.74) is 3.90. The quantitative estimate of drug-likeness (QED) is 0.412. The number of methoxy groups -OCH3 is 1. The topological polar surface area (TPSA) is 88.1 Å². The van der Waals surface area contributed by atoms with Crippen molar-refractivity contribution >= 4 is 22.1 Å². The number of carbonyl (C=O) groups is 1. The highest BCUT2D eigenvalue weighted by atomic mass is 32.2. The molecule has 0 saturated carbocycles. The number of hydrazone groups is 1. The molecule has 0 heterocycles. The first kappa shape index (κ1) is 22.2. The van der Waals surface area contributed by atoms with E-state index in [-0.39, 0.29) is 18.0 Å². The van der Waals surface area contributed by atoms with Gasteiger partial charge in [-0.2, -0.15) is 9.41 Å². The van der Waals surface area contributed by atoms with Crippen molar-refractivity contribution in [3.8, 4) is 5.75 Å². The van der Waals surface area contributed by atoms with Gasteiger partial charge in [0.05, 0.1) is 24.8 Å². The van der Waals surface area contributed by atoms with Gasteiger partial charge in [0, 0.05) is 6.54 Å². The Morgan fingerprint density at radius 3 is 2.35 bits per heavy atom. The highest BCUT2D eigenvalue weighted by Crippen LogP contribution is 2.18. The minimum absolute atomic E-state index is 0.0606. The average Bonchev–Trinajstić information content (AvgIpc) is 2.80. The van der Waals surface area contributed by atoms with Gasteiger partial charge in [-0.1, -0.05) is 60.7 Å². The van der Waals surface area contributed by atoms with E-state index in [4.69, 9.17) is 4.74 Å². The second-order valence-corrected chi connectivity index (χ2v) is 8.58. The molecule has 7 nitrogen and oxygen atoms in total. The summed E-state index contributed by atoms with van der Waals surface area (Å²) < 4.78 is 32.5. The van der Waals surface area contributed by atoms with Crippen molar-refractivity contribution in [2.24, 2.45) is 5.10 Å². The number of carbonyl (C=O) groups excluding carboxylic acids is 1. The molecule has 1 amide bonds. The Morgan fingerprint density at radius 2 is 1.68 bits per heavy atom. The van der Waals surface area contributed by atoms with Crippen LogP contribution in [0.3, 0.4) is 0 Å². The number of amides is 1. The van der Waals surface area contributed by atoms with E-state index in [1.54, 1.807) is 49.6 Å². The summed E-state index contributed by atoms with van der Waals surface area (Å²) in [6.45, 7) is -0.313. The molecule has 0 aliphatic heterocycles. The number of nitrogens with one attached hydrogen (secondary N) is 1. The maximum absolute atomic E-state index is 13.1. The normalized spacial score (nSPS) is 11.5. The molecule has 0 radical (unpaired) electrons. The molecular formula is C23H23N3O4S. The standard InChI is InChI=1S/C23H23N3O4S/c1-30-21-12-8-11-20(15-21)16-24-25-23(27)18-26(17-19-9-4-2-5-10-19)31(28,29)22-13-6-3-7-14-22/h2-16H,17-18H2,1H3,(H,25,27)/b24-16+. The number of hydrogen-bond donors (Lipinski definition) is 1. The van der Waals surface area contributed by atoms with E-state index in [9.17, 15) is 13.2 Å². The van der Waals surface area contributed by atoms with Crippen LogP contribution in [-0.4, -0.2) is 38.5 Å². The fourth-order valence-corrected chi connectivity index (χ4v) is 4.26. The van der Waals surface area contributed by atoms with Gasteiger partial charge in [-0.3, -0.25) is 4.79 Å². The Kier molecular flexibility index (Phi) is 7.53. The van der Waals surface area contributed by atoms with Crippen LogP contribution in [0.25, 0.3) is 0 Å². The molecule has 31 heavy (non-hydrogen) atoms. The summed E-state index contributed by atoms with van der Waals surface area (Å²) in [6.07, 6.45) is 1.47. The van der Waals surface area contributed by atoms with Crippen LogP contribution in [0.15, 0.2) is 94.9 Å². The molecular weight excluding hydrogens is 414 g/mol. The van der Waals surface area contributed by atoms with Crippen LogP contribution < -0.4 is 10.2 Å². The molecule has 160 valence electrons. The predicted octanol–water partition coefficient (Wildman–Crippen LogP) is 3.04. The van der Waals surface area contributed by atoms with Crippen molar-refractivity contribution < 1.29 is 17.9 Å². The van der Waals surface area contributed by atoms with E-state index < -0.39 is 15.9 Å². The first-order valence-electron chi connectivity index (χ1n) is 9.54. The smallest absolute Gasteiger partial charge is 0.255 e. The van der Waals surface area contributed by atoms with E-state index in [1.807, 2.05) is 30.3 Å². The van der Waals surface area contributed by atoms with Crippen LogP contribution in [-0.2, 0) is 21.4 Å². The third-order valence-electron chi connectivity index (χ3n) is 4.40. The number of nitrogens with zero attached hydrogens (tertiary/aromatic N) is 2. The van der Waals surface area contributed by atoms with Crippen LogP contribution in [0.5, 0.6) is 5.75 Å². The van der Waals surface area contributed by atoms with Crippen molar-refractivity contribution in [1.82, 2.24) is 9.73 Å². The van der Waals surface area contributed by atoms with Gasteiger partial charge in [0.1, 0.15) is 5.75 Å². The number of rotatable bonds is 9. The van der Waals surface area contributed by atoms with Crippen molar-refractivity contribution in [1.29, 1.82) is 0 Å². The van der Waals surface area contributed by atoms with Crippen LogP contribution >= 0.6 is 0 Å². The second-order valence-electron chi connectivity index (χ2n) is 6.64. The Balaban J connectivity index is 1.74. The zero-order valence-corrected chi connectivity index (χ0v) is 17.8. The summed E-state index contributed by atoms with van der Waals surface area (Å²) in [5, 5.41) is 3.93. The molecule has 0 aromatic heterocycles. The Bertz CT molecular complexity index is 1130. The first-order chi connectivity index (χ1) is 15.0. The fourth-order valence-electron chi connectivity index (χ4n) is 2.85. The van der Waals surface area contributed by atoms with Gasteiger partial charge in [0.15, 0.2) is 0 Å². The first-order valence-corrected chi connectivity index (χ1v) is 11.0. The van der Waals surface area contributed by atoms with Crippen molar-refractivity contribution in [3.63, 3.8) is 0 Å². The lowest BCUT2D eigenvalue weighted by Crippen LogP contribution is -2.39. The summed E-state index contributed by atoms with van der Waals surface area (Å²) >= 11 is 0. The molecule has 0 aliphatic rings. The summed E-state index contributed by atoms with van der Waals surface area (Å²) in [5.74, 6) is 0.118. The molecule has 0 saturated heterocycles. The second kappa shape index (κ2) is 10.5. The summed E-state index contributed by atoms with van der Waals surface area (Å²) in [7, 11) is -2.31. The van der Waals surface area contributed by atoms with Crippen LogP contribution in [0.2, 0.25) is 0 Å². The van der Waals surface area contributed by atoms with E-state index in [0.29, 0.717) is 5.75 Å². The van der Waals surface area contributed by atoms with E-state index in [2.05, 4.69) is 10.5 Å². The molecule has 3 aromatic carbocycles. The minimum Gasteiger partial charge on any atom is -0.497 e. The lowest BCUT2D eigenvalue weighted by molar-refractivity contribution is -0.121. The average molecular weight is 438 g/mol. The van der Waals surface area contributed by atoms with Gasteiger partial charge in [-0.05, 0) is 35.4 Å². The minimum atomic E-state index is -3.88. The van der Waals surface area contributed by atoms with Gasteiger partial charge in [-0.25, -0.2) is 13.8 Å². The van der Waals surface area contributed by atoms with E-state index >= 15 is 0 Å². The van der Waals surface area contributed by atoms with Crippen LogP contribution in [0.1, 0.15) is 11.1 Å². The van der Waals surface area contributed by atoms with E-state index in [1.165, 1.54) is 18.3 Å². The van der Waals surface area contributed by atoms with Gasteiger partial charge in [0.25, 0.3) is 5.91 Å². The molecule has 8 heteroatoms. The highest BCUT2D eigenvalue weighted by molar-refractivity contribution is 7.89. The molecule has 3 rings (SSSR count). The summed E-state index contributed by atoms with van der Waals surface area (Å²) in [4.78, 5) is 12.6. The van der Waals surface area contributed by atoms with Crippen molar-refractivity contribution in [2.75, 3.05) is 13.7 Å². The van der Waals surface area contributed by atoms with Gasteiger partial charge < -0.3 is 4.74 Å². The molecule has 0 fully saturated rings. The third-order valence-corrected chi connectivity index (χ3v) is 6.21. The molecule has 1 N–H and O–H groups in total. The maximum Gasteiger partial charge on any atom is 0.255 e. The van der Waals surface area contributed by atoms with Gasteiger partial charge >= 0.3 is 0 Å². The maximum atomic E-state index is 13.1. The lowest BCUT2D eigenvalue weighted by Gasteiger charge is -2.21. The third kappa shape index (κ3) is 6.24. The van der Waals surface area contributed by atoms with Crippen molar-refractivity contribution in [2.45, 2.75) is 11.4 Å². The summed E-state index contributed by atoms with van der Waals surface area (Å²) in [6, 6.07) is 24.3. The zero-order valence-electron chi connectivity index (χ0n) is 17.0. The Labute approximate surface area is 182 Å². The molecule has 0 spiro atoms. The van der Waals surface area contributed by atoms with Gasteiger partial charge in [-0.15, -0.1) is 0 Å². The SMILES string of the molecule is COc1cccc(/C=N/NC(=O)CN(Cc2ccccc2)S(=O)(=O)c2ccccc2)c1. The van der Waals surface area contributed by atoms with Crippen LogP contribution in [0, 0.1) is 0 Å². The molecule has 3 aromatic rings. The molecule has 0 atom stereocenters. The number of hydrogen-bond acceptors (Lipinski definition) is 5. The number of sulfonamides is 1. The number of benzene rings is 3. The van der Waals surface area contributed by atoms with Crippen molar-refractivity contribution in [3.05, 3.63) is 96.1 Å². The van der Waals surface area contributed by atoms with Gasteiger partial charge in [0.2, 0.25) is 10.0 Å². The monoisotopic (exact) mass is 437 g/mol. The molecule has 0 aliphatic carbocycles. The highest BCUT2D eigenvalue weighted by Gasteiger charge is 2.26. The Hall–Kier alpha value is -3.49.